The van der Waals surface area contributed by atoms with Gasteiger partial charge < -0.3 is 14.5 Å². The number of anilines is 1. The summed E-state index contributed by atoms with van der Waals surface area (Å²) in [5.41, 5.74) is 3.00. The summed E-state index contributed by atoms with van der Waals surface area (Å²) in [6, 6.07) is 5.39. The van der Waals surface area contributed by atoms with E-state index in [1.54, 1.807) is 28.9 Å². The predicted molar refractivity (Wildman–Crippen MR) is 126 cm³/mol. The van der Waals surface area contributed by atoms with Crippen LogP contribution in [-0.4, -0.2) is 56.3 Å². The second kappa shape index (κ2) is 9.89. The van der Waals surface area contributed by atoms with Gasteiger partial charge in [0.15, 0.2) is 17.4 Å². The third kappa shape index (κ3) is 4.84. The summed E-state index contributed by atoms with van der Waals surface area (Å²) in [5, 5.41) is 13.3. The van der Waals surface area contributed by atoms with Gasteiger partial charge >= 0.3 is 0 Å². The molecule has 1 saturated heterocycles. The topological polar surface area (TPSA) is 100 Å². The van der Waals surface area contributed by atoms with E-state index >= 15 is 0 Å². The van der Waals surface area contributed by atoms with Gasteiger partial charge in [0.1, 0.15) is 24.2 Å². The highest BCUT2D eigenvalue weighted by atomic mass is 19.1. The van der Waals surface area contributed by atoms with E-state index in [9.17, 15) is 13.6 Å². The van der Waals surface area contributed by atoms with Crippen molar-refractivity contribution in [2.24, 2.45) is 0 Å². The number of ether oxygens (including phenoxy) is 1. The number of nitriles is 1. The SMILES string of the molecule is CC(=O)N1CCc2nc(N3CCC(Oc4ccc(F)cc4F)CC3)c(-c3cnn(CC#N)c3)nc2C1. The number of amides is 1. The Morgan fingerprint density at radius 2 is 2.00 bits per heavy atom. The summed E-state index contributed by atoms with van der Waals surface area (Å²) >= 11 is 0. The summed E-state index contributed by atoms with van der Waals surface area (Å²) in [4.78, 5) is 25.7. The van der Waals surface area contributed by atoms with Gasteiger partial charge in [-0.3, -0.25) is 9.48 Å². The normalized spacial score (nSPS) is 15.9. The number of piperidine rings is 1. The molecule has 186 valence electrons. The van der Waals surface area contributed by atoms with E-state index in [2.05, 4.69) is 16.1 Å². The van der Waals surface area contributed by atoms with Gasteiger partial charge in [-0.15, -0.1) is 0 Å². The van der Waals surface area contributed by atoms with Gasteiger partial charge in [-0.1, -0.05) is 0 Å². The number of benzene rings is 1. The zero-order chi connectivity index (χ0) is 25.2. The van der Waals surface area contributed by atoms with Crippen LogP contribution in [0.25, 0.3) is 11.3 Å². The van der Waals surface area contributed by atoms with E-state index in [0.717, 1.165) is 23.0 Å². The highest BCUT2D eigenvalue weighted by Crippen LogP contribution is 2.33. The molecule has 0 atom stereocenters. The molecule has 5 rings (SSSR count). The summed E-state index contributed by atoms with van der Waals surface area (Å²) in [6.45, 7) is 3.88. The van der Waals surface area contributed by atoms with Gasteiger partial charge in [0.25, 0.3) is 0 Å². The third-order valence-electron chi connectivity index (χ3n) is 6.51. The van der Waals surface area contributed by atoms with Crippen molar-refractivity contribution >= 4 is 11.7 Å². The predicted octanol–water partition coefficient (Wildman–Crippen LogP) is 3.09. The van der Waals surface area contributed by atoms with Crippen LogP contribution in [0.5, 0.6) is 5.75 Å². The van der Waals surface area contributed by atoms with Crippen molar-refractivity contribution in [3.8, 4) is 23.1 Å². The number of hydrogen-bond acceptors (Lipinski definition) is 7. The number of nitrogens with zero attached hydrogens (tertiary/aromatic N) is 7. The number of aromatic nitrogens is 4. The molecule has 4 heterocycles. The molecule has 0 saturated carbocycles. The molecular weight excluding hydrogens is 468 g/mol. The standard InChI is InChI=1S/C25H25F2N7O2/c1-16(35)33-10-6-21-22(15-33)30-24(17-13-29-34(14-17)11-7-28)25(31-21)32-8-4-19(5-9-32)36-23-3-2-18(26)12-20(23)27/h2-3,12-14,19H,4-6,8-11,15H2,1H3. The fraction of sp³-hybridized carbons (Fsp3) is 0.400. The van der Waals surface area contributed by atoms with E-state index in [-0.39, 0.29) is 24.3 Å². The van der Waals surface area contributed by atoms with Crippen LogP contribution in [0, 0.1) is 23.0 Å². The number of hydrogen-bond donors (Lipinski definition) is 0. The summed E-state index contributed by atoms with van der Waals surface area (Å²) in [5.74, 6) is -0.599. The molecule has 11 heteroatoms. The molecule has 0 radical (unpaired) electrons. The monoisotopic (exact) mass is 493 g/mol. The van der Waals surface area contributed by atoms with Crippen molar-refractivity contribution < 1.29 is 18.3 Å². The summed E-state index contributed by atoms with van der Waals surface area (Å²) in [6.07, 6.45) is 5.09. The van der Waals surface area contributed by atoms with E-state index in [4.69, 9.17) is 20.0 Å². The maximum atomic E-state index is 14.0. The number of carbonyl (C=O) groups is 1. The van der Waals surface area contributed by atoms with Crippen molar-refractivity contribution in [1.29, 1.82) is 5.26 Å². The van der Waals surface area contributed by atoms with E-state index < -0.39 is 11.6 Å². The fourth-order valence-electron chi connectivity index (χ4n) is 4.59. The van der Waals surface area contributed by atoms with E-state index in [0.29, 0.717) is 57.0 Å². The minimum atomic E-state index is -0.714. The first-order chi connectivity index (χ1) is 17.4. The van der Waals surface area contributed by atoms with Crippen LogP contribution in [-0.2, 0) is 24.3 Å². The molecule has 36 heavy (non-hydrogen) atoms. The van der Waals surface area contributed by atoms with Gasteiger partial charge in [0.05, 0.1) is 30.2 Å². The molecule has 1 fully saturated rings. The Morgan fingerprint density at radius 3 is 2.72 bits per heavy atom. The van der Waals surface area contributed by atoms with Crippen molar-refractivity contribution in [1.82, 2.24) is 24.6 Å². The first-order valence-electron chi connectivity index (χ1n) is 11.8. The lowest BCUT2D eigenvalue weighted by Gasteiger charge is -2.35. The van der Waals surface area contributed by atoms with E-state index in [1.165, 1.54) is 12.1 Å². The average Bonchev–Trinajstić information content (AvgIpc) is 3.34. The Morgan fingerprint density at radius 1 is 1.19 bits per heavy atom. The molecule has 3 aromatic rings. The van der Waals surface area contributed by atoms with Gasteiger partial charge in [-0.25, -0.2) is 18.7 Å². The Balaban J connectivity index is 1.40. The highest BCUT2D eigenvalue weighted by molar-refractivity contribution is 5.74. The molecule has 0 N–H and O–H groups in total. The lowest BCUT2D eigenvalue weighted by Crippen LogP contribution is -2.40. The van der Waals surface area contributed by atoms with Gasteiger partial charge in [-0.05, 0) is 12.1 Å². The second-order valence-electron chi connectivity index (χ2n) is 8.94. The van der Waals surface area contributed by atoms with Crippen LogP contribution in [0.3, 0.4) is 0 Å². The third-order valence-corrected chi connectivity index (χ3v) is 6.51. The van der Waals surface area contributed by atoms with Crippen molar-refractivity contribution in [2.75, 3.05) is 24.5 Å². The molecule has 1 aromatic carbocycles. The molecule has 0 aliphatic carbocycles. The zero-order valence-electron chi connectivity index (χ0n) is 19.8. The molecule has 0 unspecified atom stereocenters. The maximum Gasteiger partial charge on any atom is 0.219 e. The smallest absolute Gasteiger partial charge is 0.219 e. The summed E-state index contributed by atoms with van der Waals surface area (Å²) < 4.78 is 34.6. The van der Waals surface area contributed by atoms with E-state index in [1.807, 2.05) is 0 Å². The molecule has 2 aliphatic rings. The molecule has 2 aliphatic heterocycles. The Hall–Kier alpha value is -4.07. The molecular formula is C25H25F2N7O2. The summed E-state index contributed by atoms with van der Waals surface area (Å²) in [7, 11) is 0. The quantitative estimate of drug-likeness (QED) is 0.538. The van der Waals surface area contributed by atoms with Gasteiger partial charge in [0.2, 0.25) is 5.91 Å². The van der Waals surface area contributed by atoms with Crippen LogP contribution in [0.4, 0.5) is 14.6 Å². The lowest BCUT2D eigenvalue weighted by molar-refractivity contribution is -0.129. The number of fused-ring (bicyclic) bond motifs is 1. The van der Waals surface area contributed by atoms with Gasteiger partial charge in [-0.2, -0.15) is 10.4 Å². The Labute approximate surface area is 206 Å². The van der Waals surface area contributed by atoms with Crippen molar-refractivity contribution in [3.05, 3.63) is 53.6 Å². The highest BCUT2D eigenvalue weighted by Gasteiger charge is 2.29. The molecule has 1 amide bonds. The largest absolute Gasteiger partial charge is 0.487 e. The first kappa shape index (κ1) is 23.7. The average molecular weight is 494 g/mol. The second-order valence-corrected chi connectivity index (χ2v) is 8.94. The van der Waals surface area contributed by atoms with Crippen LogP contribution in [0.15, 0.2) is 30.6 Å². The molecule has 2 aromatic heterocycles. The number of carbonyl (C=O) groups excluding carboxylic acids is 1. The lowest BCUT2D eigenvalue weighted by atomic mass is 10.1. The van der Waals surface area contributed by atoms with Crippen LogP contribution >= 0.6 is 0 Å². The number of halogens is 2. The maximum absolute atomic E-state index is 14.0. The molecule has 0 spiro atoms. The Bertz CT molecular complexity index is 1330. The van der Waals surface area contributed by atoms with Crippen LogP contribution in [0.2, 0.25) is 0 Å². The fourth-order valence-corrected chi connectivity index (χ4v) is 4.59. The zero-order valence-corrected chi connectivity index (χ0v) is 19.8. The minimum Gasteiger partial charge on any atom is -0.487 e. The van der Waals surface area contributed by atoms with Crippen molar-refractivity contribution in [2.45, 2.75) is 45.4 Å². The molecule has 0 bridgehead atoms. The number of rotatable bonds is 5. The first-order valence-corrected chi connectivity index (χ1v) is 11.8. The Kier molecular flexibility index (Phi) is 6.50. The minimum absolute atomic E-state index is 0.00502. The van der Waals surface area contributed by atoms with Crippen LogP contribution in [0.1, 0.15) is 31.2 Å². The van der Waals surface area contributed by atoms with Crippen molar-refractivity contribution in [3.63, 3.8) is 0 Å². The van der Waals surface area contributed by atoms with Crippen LogP contribution < -0.4 is 9.64 Å². The molecule has 9 nitrogen and oxygen atoms in total. The van der Waals surface area contributed by atoms with Gasteiger partial charge in [0, 0.05) is 63.6 Å².